The van der Waals surface area contributed by atoms with Crippen molar-refractivity contribution in [2.45, 2.75) is 23.7 Å². The highest BCUT2D eigenvalue weighted by molar-refractivity contribution is 9.10. The SMILES string of the molecule is COC(=O)c1c(O)c(NS(=O)(=O)c2cc(Br)cc(F)c2O)cc(C2CC2)c1F. The number of hydrogen-bond donors (Lipinski definition) is 3. The lowest BCUT2D eigenvalue weighted by Gasteiger charge is -2.16. The van der Waals surface area contributed by atoms with Crippen LogP contribution in [0.4, 0.5) is 14.5 Å². The van der Waals surface area contributed by atoms with Gasteiger partial charge in [0.05, 0.1) is 12.8 Å². The zero-order valence-electron chi connectivity index (χ0n) is 14.3. The number of methoxy groups -OCH3 is 1. The summed E-state index contributed by atoms with van der Waals surface area (Å²) in [6.07, 6.45) is 1.26. The minimum absolute atomic E-state index is 0.0421. The standard InChI is InChI=1S/C17H14BrF2NO6S/c1-27-17(24)13-14(20)9(7-2-3-7)6-11(16(13)23)21-28(25,26)12-5-8(18)4-10(19)15(12)22/h4-7,21-23H,2-3H2,1H3. The van der Waals surface area contributed by atoms with Gasteiger partial charge in [-0.25, -0.2) is 22.0 Å². The number of phenols is 2. The second-order valence-corrected chi connectivity index (χ2v) is 8.72. The van der Waals surface area contributed by atoms with E-state index in [0.717, 1.165) is 25.3 Å². The van der Waals surface area contributed by atoms with Gasteiger partial charge < -0.3 is 14.9 Å². The summed E-state index contributed by atoms with van der Waals surface area (Å²) >= 11 is 2.92. The molecule has 1 fully saturated rings. The molecular weight excluding hydrogens is 464 g/mol. The van der Waals surface area contributed by atoms with Crippen LogP contribution in [0.15, 0.2) is 27.6 Å². The summed E-state index contributed by atoms with van der Waals surface area (Å²) in [5, 5.41) is 20.0. The number of hydrogen-bond acceptors (Lipinski definition) is 6. The largest absolute Gasteiger partial charge is 0.505 e. The average Bonchev–Trinajstić information content (AvgIpc) is 3.45. The molecule has 0 aromatic heterocycles. The summed E-state index contributed by atoms with van der Waals surface area (Å²) in [5.74, 6) is -5.71. The van der Waals surface area contributed by atoms with Gasteiger partial charge in [0.1, 0.15) is 16.3 Å². The number of carbonyl (C=O) groups is 1. The lowest BCUT2D eigenvalue weighted by Crippen LogP contribution is -2.16. The zero-order valence-corrected chi connectivity index (χ0v) is 16.7. The molecule has 0 saturated heterocycles. The maximum atomic E-state index is 14.6. The van der Waals surface area contributed by atoms with Crippen LogP contribution >= 0.6 is 15.9 Å². The van der Waals surface area contributed by atoms with Crippen LogP contribution in [0, 0.1) is 11.6 Å². The Balaban J connectivity index is 2.14. The van der Waals surface area contributed by atoms with E-state index in [1.165, 1.54) is 0 Å². The van der Waals surface area contributed by atoms with Crippen LogP contribution in [0.2, 0.25) is 0 Å². The van der Waals surface area contributed by atoms with Crippen molar-refractivity contribution in [1.82, 2.24) is 0 Å². The molecule has 7 nitrogen and oxygen atoms in total. The average molecular weight is 478 g/mol. The normalized spacial score (nSPS) is 14.0. The van der Waals surface area contributed by atoms with Gasteiger partial charge in [0.25, 0.3) is 10.0 Å². The molecular formula is C17H14BrF2NO6S. The van der Waals surface area contributed by atoms with Gasteiger partial charge in [0.15, 0.2) is 17.3 Å². The molecule has 0 heterocycles. The van der Waals surface area contributed by atoms with Gasteiger partial charge in [-0.3, -0.25) is 4.72 Å². The number of esters is 1. The molecule has 0 unspecified atom stereocenters. The maximum Gasteiger partial charge on any atom is 0.344 e. The topological polar surface area (TPSA) is 113 Å². The Bertz CT molecular complexity index is 1090. The number of anilines is 1. The highest BCUT2D eigenvalue weighted by Gasteiger charge is 2.34. The molecule has 0 atom stereocenters. The Morgan fingerprint density at radius 1 is 1.21 bits per heavy atom. The number of carbonyl (C=O) groups excluding carboxylic acids is 1. The van der Waals surface area contributed by atoms with Crippen molar-refractivity contribution in [2.24, 2.45) is 0 Å². The molecule has 28 heavy (non-hydrogen) atoms. The number of benzene rings is 2. The first-order valence-electron chi connectivity index (χ1n) is 7.91. The molecule has 11 heteroatoms. The summed E-state index contributed by atoms with van der Waals surface area (Å²) in [6.45, 7) is 0. The third-order valence-corrected chi connectivity index (χ3v) is 6.04. The molecule has 0 radical (unpaired) electrons. The fourth-order valence-corrected chi connectivity index (χ4v) is 4.45. The molecule has 1 saturated carbocycles. The van der Waals surface area contributed by atoms with Crippen LogP contribution in [0.5, 0.6) is 11.5 Å². The highest BCUT2D eigenvalue weighted by Crippen LogP contribution is 2.46. The summed E-state index contributed by atoms with van der Waals surface area (Å²) in [5.41, 5.74) is -1.27. The van der Waals surface area contributed by atoms with E-state index in [1.54, 1.807) is 0 Å². The summed E-state index contributed by atoms with van der Waals surface area (Å²) in [7, 11) is -3.62. The van der Waals surface area contributed by atoms with Crippen molar-refractivity contribution in [2.75, 3.05) is 11.8 Å². The van der Waals surface area contributed by atoms with E-state index in [9.17, 15) is 32.2 Å². The first-order chi connectivity index (χ1) is 13.1. The van der Waals surface area contributed by atoms with Crippen molar-refractivity contribution in [3.8, 4) is 11.5 Å². The number of rotatable bonds is 5. The van der Waals surface area contributed by atoms with E-state index in [1.807, 2.05) is 4.72 Å². The predicted molar refractivity (Wildman–Crippen MR) is 98.0 cm³/mol. The third kappa shape index (κ3) is 3.63. The minimum atomic E-state index is -4.60. The van der Waals surface area contributed by atoms with E-state index >= 15 is 0 Å². The van der Waals surface area contributed by atoms with Crippen molar-refractivity contribution in [1.29, 1.82) is 0 Å². The van der Waals surface area contributed by atoms with E-state index < -0.39 is 55.3 Å². The van der Waals surface area contributed by atoms with E-state index in [-0.39, 0.29) is 16.0 Å². The number of aromatic hydroxyl groups is 2. The molecule has 2 aromatic carbocycles. The summed E-state index contributed by atoms with van der Waals surface area (Å²) in [4.78, 5) is 11.1. The number of ether oxygens (including phenoxy) is 1. The van der Waals surface area contributed by atoms with E-state index in [0.29, 0.717) is 12.8 Å². The van der Waals surface area contributed by atoms with Gasteiger partial charge >= 0.3 is 5.97 Å². The van der Waals surface area contributed by atoms with Crippen LogP contribution in [0.25, 0.3) is 0 Å². The van der Waals surface area contributed by atoms with Gasteiger partial charge in [-0.05, 0) is 42.5 Å². The summed E-state index contributed by atoms with van der Waals surface area (Å²) in [6, 6.07) is 2.88. The molecule has 150 valence electrons. The van der Waals surface area contributed by atoms with E-state index in [4.69, 9.17) is 0 Å². The molecule has 3 rings (SSSR count). The first-order valence-corrected chi connectivity index (χ1v) is 10.2. The fraction of sp³-hybridized carbons (Fsp3) is 0.235. The second-order valence-electron chi connectivity index (χ2n) is 6.16. The monoisotopic (exact) mass is 477 g/mol. The van der Waals surface area contributed by atoms with Crippen molar-refractivity contribution >= 4 is 37.6 Å². The van der Waals surface area contributed by atoms with Gasteiger partial charge in [0, 0.05) is 4.47 Å². The Morgan fingerprint density at radius 3 is 2.43 bits per heavy atom. The van der Waals surface area contributed by atoms with Gasteiger partial charge in [-0.2, -0.15) is 0 Å². The molecule has 0 spiro atoms. The highest BCUT2D eigenvalue weighted by atomic mass is 79.9. The Labute approximate surface area is 167 Å². The summed E-state index contributed by atoms with van der Waals surface area (Å²) < 4.78 is 60.1. The molecule has 2 aromatic rings. The fourth-order valence-electron chi connectivity index (χ4n) is 2.67. The van der Waals surface area contributed by atoms with Gasteiger partial charge in [-0.1, -0.05) is 15.9 Å². The van der Waals surface area contributed by atoms with Crippen molar-refractivity contribution < 1.29 is 36.9 Å². The lowest BCUT2D eigenvalue weighted by molar-refractivity contribution is 0.0591. The van der Waals surface area contributed by atoms with Crippen molar-refractivity contribution in [3.05, 3.63) is 45.4 Å². The predicted octanol–water partition coefficient (Wildman–Crippen LogP) is 3.60. The van der Waals surface area contributed by atoms with Crippen LogP contribution in [-0.4, -0.2) is 31.7 Å². The smallest absolute Gasteiger partial charge is 0.344 e. The quantitative estimate of drug-likeness (QED) is 0.447. The zero-order chi connectivity index (χ0) is 20.8. The molecule has 3 N–H and O–H groups in total. The first kappa shape index (κ1) is 20.3. The van der Waals surface area contributed by atoms with E-state index in [2.05, 4.69) is 20.7 Å². The Morgan fingerprint density at radius 2 is 1.86 bits per heavy atom. The van der Waals surface area contributed by atoms with Crippen LogP contribution in [0.1, 0.15) is 34.7 Å². The molecule has 0 amide bonds. The van der Waals surface area contributed by atoms with Gasteiger partial charge in [-0.15, -0.1) is 0 Å². The molecule has 1 aliphatic carbocycles. The Kier molecular flexibility index (Phi) is 5.24. The third-order valence-electron chi connectivity index (χ3n) is 4.20. The van der Waals surface area contributed by atoms with Crippen LogP contribution in [0.3, 0.4) is 0 Å². The Hall–Kier alpha value is -2.40. The van der Waals surface area contributed by atoms with Gasteiger partial charge in [0.2, 0.25) is 0 Å². The van der Waals surface area contributed by atoms with Crippen LogP contribution in [-0.2, 0) is 14.8 Å². The molecule has 1 aliphatic rings. The number of sulfonamides is 1. The van der Waals surface area contributed by atoms with Crippen LogP contribution < -0.4 is 4.72 Å². The lowest BCUT2D eigenvalue weighted by atomic mass is 10.0. The number of halogens is 3. The minimum Gasteiger partial charge on any atom is -0.505 e. The van der Waals surface area contributed by atoms with Crippen molar-refractivity contribution in [3.63, 3.8) is 0 Å². The number of phenolic OH excluding ortho intramolecular Hbond substituents is 2. The molecule has 0 aliphatic heterocycles. The second kappa shape index (κ2) is 7.21. The molecule has 0 bridgehead atoms. The maximum absolute atomic E-state index is 14.6. The number of nitrogens with one attached hydrogen (secondary N) is 1.